The SMILES string of the molecule is COc1ccccc1-c1ccc2c(c1)O[C@H](CN(C)S(=O)(=O)c1ccccc1)[C@H](C)CN([C@@H](C)CO)S2(=O)=O. The first-order chi connectivity index (χ1) is 18.5. The zero-order chi connectivity index (χ0) is 28.4. The number of rotatable bonds is 8. The number of sulfonamides is 2. The summed E-state index contributed by atoms with van der Waals surface area (Å²) in [5.74, 6) is 0.307. The van der Waals surface area contributed by atoms with Gasteiger partial charge in [0.1, 0.15) is 22.5 Å². The Morgan fingerprint density at radius 1 is 1.10 bits per heavy atom. The molecule has 0 saturated carbocycles. The van der Waals surface area contributed by atoms with Crippen LogP contribution >= 0.6 is 0 Å². The molecule has 0 aromatic heterocycles. The Balaban J connectivity index is 1.80. The van der Waals surface area contributed by atoms with Gasteiger partial charge in [0.2, 0.25) is 20.0 Å². The summed E-state index contributed by atoms with van der Waals surface area (Å²) < 4.78 is 68.4. The topological polar surface area (TPSA) is 113 Å². The van der Waals surface area contributed by atoms with Crippen molar-refractivity contribution in [3.8, 4) is 22.6 Å². The lowest BCUT2D eigenvalue weighted by Gasteiger charge is -2.37. The van der Waals surface area contributed by atoms with Gasteiger partial charge in [-0.25, -0.2) is 16.8 Å². The van der Waals surface area contributed by atoms with Crippen LogP contribution in [0.2, 0.25) is 0 Å². The maximum absolute atomic E-state index is 13.8. The van der Waals surface area contributed by atoms with Crippen LogP contribution in [0.1, 0.15) is 13.8 Å². The summed E-state index contributed by atoms with van der Waals surface area (Å²) in [5.41, 5.74) is 1.43. The van der Waals surface area contributed by atoms with Crippen molar-refractivity contribution in [1.29, 1.82) is 0 Å². The van der Waals surface area contributed by atoms with E-state index in [0.29, 0.717) is 11.3 Å². The molecule has 39 heavy (non-hydrogen) atoms. The molecule has 1 N–H and O–H groups in total. The van der Waals surface area contributed by atoms with Crippen molar-refractivity contribution in [3.63, 3.8) is 0 Å². The third-order valence-electron chi connectivity index (χ3n) is 6.97. The monoisotopic (exact) mass is 574 g/mol. The maximum atomic E-state index is 13.8. The van der Waals surface area contributed by atoms with Gasteiger partial charge in [0.05, 0.1) is 25.2 Å². The highest BCUT2D eigenvalue weighted by atomic mass is 32.2. The third-order valence-corrected chi connectivity index (χ3v) is 10.8. The van der Waals surface area contributed by atoms with Gasteiger partial charge >= 0.3 is 0 Å². The lowest BCUT2D eigenvalue weighted by Crippen LogP contribution is -2.50. The minimum atomic E-state index is -4.04. The van der Waals surface area contributed by atoms with Crippen molar-refractivity contribution in [2.45, 2.75) is 35.8 Å². The molecule has 0 radical (unpaired) electrons. The van der Waals surface area contributed by atoms with Gasteiger partial charge in [-0.3, -0.25) is 0 Å². The minimum absolute atomic E-state index is 0.0158. The first-order valence-corrected chi connectivity index (χ1v) is 15.5. The van der Waals surface area contributed by atoms with Gasteiger partial charge in [0, 0.05) is 31.1 Å². The predicted molar refractivity (Wildman–Crippen MR) is 149 cm³/mol. The van der Waals surface area contributed by atoms with E-state index in [0.717, 1.165) is 5.56 Å². The Morgan fingerprint density at radius 2 is 1.77 bits per heavy atom. The molecule has 0 bridgehead atoms. The first-order valence-electron chi connectivity index (χ1n) is 12.6. The normalized spacial score (nSPS) is 20.4. The Morgan fingerprint density at radius 3 is 2.44 bits per heavy atom. The molecule has 1 heterocycles. The highest BCUT2D eigenvalue weighted by Crippen LogP contribution is 2.38. The van der Waals surface area contributed by atoms with Crippen LogP contribution in [0.3, 0.4) is 0 Å². The van der Waals surface area contributed by atoms with Crippen molar-refractivity contribution in [2.75, 3.05) is 33.9 Å². The largest absolute Gasteiger partial charge is 0.496 e. The number of benzene rings is 3. The summed E-state index contributed by atoms with van der Waals surface area (Å²) in [6.45, 7) is 3.11. The van der Waals surface area contributed by atoms with E-state index in [-0.39, 0.29) is 35.2 Å². The number of hydrogen-bond donors (Lipinski definition) is 1. The zero-order valence-electron chi connectivity index (χ0n) is 22.4. The number of fused-ring (bicyclic) bond motifs is 1. The second-order valence-corrected chi connectivity index (χ2v) is 13.6. The van der Waals surface area contributed by atoms with E-state index >= 15 is 0 Å². The molecule has 9 nitrogen and oxygen atoms in total. The fourth-order valence-electron chi connectivity index (χ4n) is 4.62. The van der Waals surface area contributed by atoms with Crippen LogP contribution in [0, 0.1) is 5.92 Å². The highest BCUT2D eigenvalue weighted by Gasteiger charge is 2.39. The highest BCUT2D eigenvalue weighted by molar-refractivity contribution is 7.89. The van der Waals surface area contributed by atoms with E-state index in [1.807, 2.05) is 31.2 Å². The second kappa shape index (κ2) is 11.6. The molecule has 0 spiro atoms. The Labute approximate surface area is 230 Å². The minimum Gasteiger partial charge on any atom is -0.496 e. The lowest BCUT2D eigenvalue weighted by molar-refractivity contribution is 0.0905. The van der Waals surface area contributed by atoms with Gasteiger partial charge in [0.25, 0.3) is 0 Å². The molecular weight excluding hydrogens is 540 g/mol. The number of methoxy groups -OCH3 is 1. The van der Waals surface area contributed by atoms with Crippen molar-refractivity contribution < 1.29 is 31.4 Å². The van der Waals surface area contributed by atoms with Crippen molar-refractivity contribution in [2.24, 2.45) is 5.92 Å². The molecule has 0 amide bonds. The fraction of sp³-hybridized carbons (Fsp3) is 0.357. The molecule has 210 valence electrons. The van der Waals surface area contributed by atoms with Crippen LogP contribution in [0.15, 0.2) is 82.6 Å². The molecule has 11 heteroatoms. The Kier molecular flexibility index (Phi) is 8.67. The predicted octanol–water partition coefficient (Wildman–Crippen LogP) is 3.45. The van der Waals surface area contributed by atoms with E-state index in [9.17, 15) is 21.9 Å². The molecule has 4 rings (SSSR count). The fourth-order valence-corrected chi connectivity index (χ4v) is 7.65. The average molecular weight is 575 g/mol. The van der Waals surface area contributed by atoms with Crippen LogP contribution < -0.4 is 9.47 Å². The lowest BCUT2D eigenvalue weighted by atomic mass is 10.0. The van der Waals surface area contributed by atoms with Crippen LogP contribution in [-0.2, 0) is 20.0 Å². The summed E-state index contributed by atoms with van der Waals surface area (Å²) in [6, 6.07) is 19.6. The van der Waals surface area contributed by atoms with E-state index in [4.69, 9.17) is 9.47 Å². The van der Waals surface area contributed by atoms with Crippen LogP contribution in [0.25, 0.3) is 11.1 Å². The van der Waals surface area contributed by atoms with Gasteiger partial charge < -0.3 is 14.6 Å². The van der Waals surface area contributed by atoms with E-state index in [1.54, 1.807) is 44.4 Å². The molecule has 3 atom stereocenters. The third kappa shape index (κ3) is 5.82. The number of likely N-dealkylation sites (N-methyl/N-ethyl adjacent to an activating group) is 1. The summed E-state index contributed by atoms with van der Waals surface area (Å²) in [6.07, 6.45) is -0.691. The van der Waals surface area contributed by atoms with Crippen LogP contribution in [0.4, 0.5) is 0 Å². The van der Waals surface area contributed by atoms with E-state index < -0.39 is 38.1 Å². The molecule has 0 unspecified atom stereocenters. The number of para-hydroxylation sites is 1. The molecule has 0 fully saturated rings. The summed E-state index contributed by atoms with van der Waals surface area (Å²) >= 11 is 0. The van der Waals surface area contributed by atoms with Crippen molar-refractivity contribution in [3.05, 3.63) is 72.8 Å². The quantitative estimate of drug-likeness (QED) is 0.438. The smallest absolute Gasteiger partial charge is 0.247 e. The van der Waals surface area contributed by atoms with Gasteiger partial charge in [-0.2, -0.15) is 8.61 Å². The van der Waals surface area contributed by atoms with Crippen LogP contribution in [-0.4, -0.2) is 76.6 Å². The second-order valence-electron chi connectivity index (χ2n) is 9.70. The van der Waals surface area contributed by atoms with Crippen molar-refractivity contribution >= 4 is 20.0 Å². The number of aliphatic hydroxyl groups is 1. The maximum Gasteiger partial charge on any atom is 0.247 e. The van der Waals surface area contributed by atoms with Crippen molar-refractivity contribution in [1.82, 2.24) is 8.61 Å². The molecule has 3 aromatic carbocycles. The molecule has 3 aromatic rings. The molecule has 1 aliphatic rings. The molecule has 0 saturated heterocycles. The molecular formula is C28H34N2O7S2. The van der Waals surface area contributed by atoms with E-state index in [1.165, 1.54) is 33.9 Å². The Bertz CT molecular complexity index is 1510. The average Bonchev–Trinajstić information content (AvgIpc) is 2.94. The Hall–Kier alpha value is -2.96. The number of aliphatic hydroxyl groups excluding tert-OH is 1. The number of nitrogens with zero attached hydrogens (tertiary/aromatic N) is 2. The standard InChI is InChI=1S/C28H34N2O7S2/c1-20-17-30(21(2)19-31)39(34,35)28-15-14-22(24-12-8-9-13-25(24)36-4)16-26(28)37-27(20)18-29(3)38(32,33)23-10-6-5-7-11-23/h5-16,20-21,27,31H,17-19H2,1-4H3/t20-,21+,27-/m1/s1. The first kappa shape index (κ1) is 29.0. The molecule has 0 aliphatic carbocycles. The summed E-state index contributed by atoms with van der Waals surface area (Å²) in [4.78, 5) is 0.106. The number of hydrogen-bond acceptors (Lipinski definition) is 7. The van der Waals surface area contributed by atoms with Gasteiger partial charge in [-0.05, 0) is 42.8 Å². The van der Waals surface area contributed by atoms with Gasteiger partial charge in [0.15, 0.2) is 0 Å². The van der Waals surface area contributed by atoms with E-state index in [2.05, 4.69) is 0 Å². The summed E-state index contributed by atoms with van der Waals surface area (Å²) in [5, 5.41) is 9.87. The van der Waals surface area contributed by atoms with Gasteiger partial charge in [-0.1, -0.05) is 49.4 Å². The van der Waals surface area contributed by atoms with Crippen LogP contribution in [0.5, 0.6) is 11.5 Å². The molecule has 1 aliphatic heterocycles. The summed E-state index contributed by atoms with van der Waals surface area (Å²) in [7, 11) is -4.81. The zero-order valence-corrected chi connectivity index (χ0v) is 24.0. The van der Waals surface area contributed by atoms with Gasteiger partial charge in [-0.15, -0.1) is 0 Å². The number of ether oxygens (including phenoxy) is 2.